The Morgan fingerprint density at radius 1 is 0.926 bits per heavy atom. The highest BCUT2D eigenvalue weighted by molar-refractivity contribution is 9.10. The number of nitrogens with one attached hydrogen (secondary N) is 1. The van der Waals surface area contributed by atoms with Crippen LogP contribution in [0.2, 0.25) is 0 Å². The van der Waals surface area contributed by atoms with Gasteiger partial charge in [-0.2, -0.15) is 0 Å². The summed E-state index contributed by atoms with van der Waals surface area (Å²) in [6.45, 7) is 2.09. The predicted molar refractivity (Wildman–Crippen MR) is 115 cm³/mol. The molecule has 0 radical (unpaired) electrons. The largest absolute Gasteiger partial charge is 0.321 e. The first kappa shape index (κ1) is 19.4. The summed E-state index contributed by atoms with van der Waals surface area (Å²) in [4.78, 5) is 26.6. The van der Waals surface area contributed by atoms with Gasteiger partial charge in [-0.25, -0.2) is 0 Å². The van der Waals surface area contributed by atoms with Crippen LogP contribution in [-0.4, -0.2) is 17.4 Å². The van der Waals surface area contributed by atoms with Crippen molar-refractivity contribution in [3.8, 4) is 0 Å². The van der Waals surface area contributed by atoms with Gasteiger partial charge < -0.3 is 5.32 Å². The third-order valence-corrected chi connectivity index (χ3v) is 5.33. The number of hydrogen-bond acceptors (Lipinski definition) is 3. The zero-order valence-corrected chi connectivity index (χ0v) is 17.1. The quantitative estimate of drug-likeness (QED) is 0.375. The summed E-state index contributed by atoms with van der Waals surface area (Å²) in [7, 11) is 0. The van der Waals surface area contributed by atoms with E-state index < -0.39 is 0 Å². The molecule has 1 amide bonds. The molecular weight excluding hydrogens is 422 g/mol. The van der Waals surface area contributed by atoms with E-state index in [1.54, 1.807) is 54.2 Å². The van der Waals surface area contributed by atoms with E-state index in [9.17, 15) is 9.59 Å². The summed E-state index contributed by atoms with van der Waals surface area (Å²) in [6, 6.07) is 21.7. The number of ketones is 1. The van der Waals surface area contributed by atoms with Crippen LogP contribution in [0.1, 0.15) is 33.2 Å². The fraction of sp³-hybridized carbons (Fsp3) is 0.0909. The lowest BCUT2D eigenvalue weighted by atomic mass is 10.0. The lowest BCUT2D eigenvalue weighted by molar-refractivity contribution is 0.102. The number of carbonyl (C=O) groups excluding carboxylic acids is 2. The molecule has 0 saturated carbocycles. The molecule has 0 aliphatic heterocycles. The zero-order chi connectivity index (χ0) is 19.2. The Balaban J connectivity index is 1.86. The molecule has 136 valence electrons. The van der Waals surface area contributed by atoms with E-state index in [1.807, 2.05) is 30.3 Å². The van der Waals surface area contributed by atoms with Gasteiger partial charge in [0.2, 0.25) is 0 Å². The first-order valence-electron chi connectivity index (χ1n) is 8.52. The molecule has 0 aromatic heterocycles. The van der Waals surface area contributed by atoms with Gasteiger partial charge in [-0.15, -0.1) is 11.8 Å². The Labute approximate surface area is 171 Å². The number of anilines is 1. The van der Waals surface area contributed by atoms with Gasteiger partial charge in [0, 0.05) is 26.1 Å². The lowest BCUT2D eigenvalue weighted by Crippen LogP contribution is -2.15. The molecule has 0 atom stereocenters. The molecule has 3 aromatic rings. The molecule has 1 N–H and O–H groups in total. The van der Waals surface area contributed by atoms with Gasteiger partial charge in [0.25, 0.3) is 5.91 Å². The minimum Gasteiger partial charge on any atom is -0.321 e. The van der Waals surface area contributed by atoms with Gasteiger partial charge in [0.05, 0.1) is 5.69 Å². The minimum atomic E-state index is -0.243. The van der Waals surface area contributed by atoms with Gasteiger partial charge in [-0.3, -0.25) is 9.59 Å². The highest BCUT2D eigenvalue weighted by Gasteiger charge is 2.16. The second kappa shape index (κ2) is 9.02. The third kappa shape index (κ3) is 4.87. The third-order valence-electron chi connectivity index (χ3n) is 3.94. The average Bonchev–Trinajstić information content (AvgIpc) is 2.70. The van der Waals surface area contributed by atoms with Gasteiger partial charge >= 0.3 is 0 Å². The van der Waals surface area contributed by atoms with Gasteiger partial charge in [-0.05, 0) is 48.2 Å². The highest BCUT2D eigenvalue weighted by Crippen LogP contribution is 2.25. The second-order valence-corrected chi connectivity index (χ2v) is 8.05. The molecule has 27 heavy (non-hydrogen) atoms. The van der Waals surface area contributed by atoms with E-state index in [4.69, 9.17) is 0 Å². The Bertz CT molecular complexity index is 956. The van der Waals surface area contributed by atoms with Crippen LogP contribution in [0.15, 0.2) is 82.2 Å². The first-order chi connectivity index (χ1) is 13.1. The molecule has 0 unspecified atom stereocenters. The van der Waals surface area contributed by atoms with Crippen molar-refractivity contribution in [2.75, 3.05) is 11.1 Å². The summed E-state index contributed by atoms with van der Waals surface area (Å²) in [5.41, 5.74) is 2.06. The number of thioether (sulfide) groups is 1. The van der Waals surface area contributed by atoms with Gasteiger partial charge in [-0.1, -0.05) is 53.2 Å². The molecule has 0 spiro atoms. The van der Waals surface area contributed by atoms with Crippen LogP contribution in [0.3, 0.4) is 0 Å². The monoisotopic (exact) mass is 439 g/mol. The highest BCUT2D eigenvalue weighted by atomic mass is 79.9. The number of rotatable bonds is 6. The number of benzene rings is 3. The van der Waals surface area contributed by atoms with Crippen molar-refractivity contribution < 1.29 is 9.59 Å². The van der Waals surface area contributed by atoms with E-state index in [2.05, 4.69) is 28.2 Å². The maximum atomic E-state index is 12.9. The molecule has 0 fully saturated rings. The maximum Gasteiger partial charge on any atom is 0.255 e. The fourth-order valence-electron chi connectivity index (χ4n) is 2.62. The normalized spacial score (nSPS) is 10.4. The maximum absolute atomic E-state index is 12.9. The average molecular weight is 440 g/mol. The fourth-order valence-corrected chi connectivity index (χ4v) is 3.64. The van der Waals surface area contributed by atoms with E-state index in [0.29, 0.717) is 22.4 Å². The van der Waals surface area contributed by atoms with Crippen molar-refractivity contribution in [2.24, 2.45) is 0 Å². The van der Waals surface area contributed by atoms with E-state index in [1.165, 1.54) is 0 Å². The Morgan fingerprint density at radius 3 is 2.30 bits per heavy atom. The summed E-state index contributed by atoms with van der Waals surface area (Å²) in [5.74, 6) is 0.601. The van der Waals surface area contributed by atoms with Crippen molar-refractivity contribution in [1.82, 2.24) is 0 Å². The Hall–Kier alpha value is -2.37. The van der Waals surface area contributed by atoms with Crippen LogP contribution < -0.4 is 5.32 Å². The van der Waals surface area contributed by atoms with Crippen molar-refractivity contribution in [2.45, 2.75) is 11.8 Å². The molecule has 0 bridgehead atoms. The SMILES string of the molecule is CCSc1ccc(C(=O)Nc2ccc(Br)cc2C(=O)c2ccccc2)cc1. The summed E-state index contributed by atoms with van der Waals surface area (Å²) in [5, 5.41) is 2.87. The summed E-state index contributed by atoms with van der Waals surface area (Å²) in [6.07, 6.45) is 0. The van der Waals surface area contributed by atoms with Crippen LogP contribution in [0, 0.1) is 0 Å². The standard InChI is InChI=1S/C22H18BrNO2S/c1-2-27-18-11-8-16(9-12-18)22(26)24-20-13-10-17(23)14-19(20)21(25)15-6-4-3-5-7-15/h3-14H,2H2,1H3,(H,24,26). The number of halogens is 1. The van der Waals surface area contributed by atoms with Crippen LogP contribution in [0.4, 0.5) is 5.69 Å². The molecule has 3 aromatic carbocycles. The van der Waals surface area contributed by atoms with Crippen LogP contribution >= 0.6 is 27.7 Å². The molecule has 0 aliphatic rings. The van der Waals surface area contributed by atoms with Crippen molar-refractivity contribution in [1.29, 1.82) is 0 Å². The van der Waals surface area contributed by atoms with Crippen molar-refractivity contribution >= 4 is 45.1 Å². The van der Waals surface area contributed by atoms with E-state index in [-0.39, 0.29) is 11.7 Å². The Morgan fingerprint density at radius 2 is 1.63 bits per heavy atom. The summed E-state index contributed by atoms with van der Waals surface area (Å²) < 4.78 is 0.778. The van der Waals surface area contributed by atoms with E-state index in [0.717, 1.165) is 15.1 Å². The van der Waals surface area contributed by atoms with E-state index >= 15 is 0 Å². The molecule has 3 nitrogen and oxygen atoms in total. The number of amides is 1. The smallest absolute Gasteiger partial charge is 0.255 e. The molecule has 0 aliphatic carbocycles. The number of hydrogen-bond donors (Lipinski definition) is 1. The van der Waals surface area contributed by atoms with Gasteiger partial charge in [0.15, 0.2) is 5.78 Å². The van der Waals surface area contributed by atoms with Crippen LogP contribution in [0.25, 0.3) is 0 Å². The van der Waals surface area contributed by atoms with Crippen LogP contribution in [0.5, 0.6) is 0 Å². The topological polar surface area (TPSA) is 46.2 Å². The van der Waals surface area contributed by atoms with Crippen molar-refractivity contribution in [3.05, 3.63) is 94.0 Å². The summed E-state index contributed by atoms with van der Waals surface area (Å²) >= 11 is 5.13. The van der Waals surface area contributed by atoms with Crippen molar-refractivity contribution in [3.63, 3.8) is 0 Å². The number of carbonyl (C=O) groups is 2. The lowest BCUT2D eigenvalue weighted by Gasteiger charge is -2.12. The minimum absolute atomic E-state index is 0.137. The molecule has 0 saturated heterocycles. The second-order valence-electron chi connectivity index (χ2n) is 5.80. The molecule has 5 heteroatoms. The first-order valence-corrected chi connectivity index (χ1v) is 10.3. The predicted octanol–water partition coefficient (Wildman–Crippen LogP) is 6.04. The van der Waals surface area contributed by atoms with Crippen LogP contribution in [-0.2, 0) is 0 Å². The Kier molecular flexibility index (Phi) is 6.48. The molecule has 0 heterocycles. The zero-order valence-electron chi connectivity index (χ0n) is 14.7. The molecular formula is C22H18BrNO2S. The van der Waals surface area contributed by atoms with Gasteiger partial charge in [0.1, 0.15) is 0 Å². The molecule has 3 rings (SSSR count).